The van der Waals surface area contributed by atoms with Crippen molar-refractivity contribution in [1.29, 1.82) is 0 Å². The molecule has 3 N–H and O–H groups in total. The van der Waals surface area contributed by atoms with Crippen molar-refractivity contribution in [2.24, 2.45) is 5.92 Å². The molecule has 0 spiro atoms. The van der Waals surface area contributed by atoms with E-state index in [0.717, 1.165) is 35.4 Å². The second kappa shape index (κ2) is 5.27. The molecule has 120 valence electrons. The van der Waals surface area contributed by atoms with E-state index >= 15 is 0 Å². The molecule has 2 aromatic rings. The Morgan fingerprint density at radius 3 is 2.96 bits per heavy atom. The standard InChI is InChI=1S/C18H20N2O2S/c1-9-6-7-11-13(8-9)23-18-14(11)17(22)19-16(20-18)12-5-3-4-10(2)15(12)21/h3-5,9,16,20-21H,6-8H2,1-2H3,(H,19,22)/t9-,16+/m1/s1. The third-order valence-corrected chi connectivity index (χ3v) is 6.06. The van der Waals surface area contributed by atoms with Gasteiger partial charge in [0.25, 0.3) is 5.91 Å². The number of phenols is 1. The zero-order chi connectivity index (χ0) is 16.1. The number of fused-ring (bicyclic) bond motifs is 3. The number of nitrogens with one attached hydrogen (secondary N) is 2. The molecule has 2 heterocycles. The maximum Gasteiger partial charge on any atom is 0.256 e. The molecule has 23 heavy (non-hydrogen) atoms. The summed E-state index contributed by atoms with van der Waals surface area (Å²) in [4.78, 5) is 14.0. The van der Waals surface area contributed by atoms with Gasteiger partial charge in [0.15, 0.2) is 0 Å². The first kappa shape index (κ1) is 14.6. The fourth-order valence-electron chi connectivity index (χ4n) is 3.53. The number of hydrogen-bond acceptors (Lipinski definition) is 4. The van der Waals surface area contributed by atoms with Crippen LogP contribution >= 0.6 is 11.3 Å². The average Bonchev–Trinajstić information content (AvgIpc) is 2.87. The Bertz CT molecular complexity index is 797. The maximum absolute atomic E-state index is 12.7. The van der Waals surface area contributed by atoms with Gasteiger partial charge in [-0.3, -0.25) is 4.79 Å². The van der Waals surface area contributed by atoms with Gasteiger partial charge in [0.1, 0.15) is 16.9 Å². The molecule has 1 aromatic heterocycles. The molecular formula is C18H20N2O2S. The van der Waals surface area contributed by atoms with Gasteiger partial charge in [-0.15, -0.1) is 11.3 Å². The molecule has 0 fully saturated rings. The Labute approximate surface area is 139 Å². The molecule has 0 unspecified atom stereocenters. The Kier molecular flexibility index (Phi) is 3.34. The van der Waals surface area contributed by atoms with Crippen LogP contribution in [0.1, 0.15) is 51.4 Å². The highest BCUT2D eigenvalue weighted by molar-refractivity contribution is 7.16. The minimum atomic E-state index is -0.382. The zero-order valence-corrected chi connectivity index (χ0v) is 14.1. The summed E-state index contributed by atoms with van der Waals surface area (Å²) in [5, 5.41) is 17.6. The number of aryl methyl sites for hydroxylation is 1. The Hall–Kier alpha value is -2.01. The SMILES string of the molecule is Cc1cccc([C@H]2NC(=O)c3c(sc4c3CC[C@@H](C)C4)N2)c1O. The monoisotopic (exact) mass is 328 g/mol. The van der Waals surface area contributed by atoms with Crippen molar-refractivity contribution >= 4 is 22.2 Å². The van der Waals surface area contributed by atoms with Crippen molar-refractivity contribution in [3.63, 3.8) is 0 Å². The zero-order valence-electron chi connectivity index (χ0n) is 13.3. The number of benzene rings is 1. The first-order valence-electron chi connectivity index (χ1n) is 8.05. The second-order valence-electron chi connectivity index (χ2n) is 6.62. The number of anilines is 1. The Morgan fingerprint density at radius 1 is 1.30 bits per heavy atom. The molecule has 1 aliphatic carbocycles. The average molecular weight is 328 g/mol. The van der Waals surface area contributed by atoms with Crippen LogP contribution in [0.4, 0.5) is 5.00 Å². The van der Waals surface area contributed by atoms with Crippen LogP contribution in [0, 0.1) is 12.8 Å². The Balaban J connectivity index is 1.73. The molecule has 0 saturated carbocycles. The van der Waals surface area contributed by atoms with Gasteiger partial charge in [0.05, 0.1) is 5.56 Å². The van der Waals surface area contributed by atoms with Gasteiger partial charge in [-0.1, -0.05) is 25.1 Å². The topological polar surface area (TPSA) is 61.4 Å². The van der Waals surface area contributed by atoms with Crippen LogP contribution < -0.4 is 10.6 Å². The molecule has 2 aliphatic rings. The van der Waals surface area contributed by atoms with Crippen LogP contribution in [0.3, 0.4) is 0 Å². The highest BCUT2D eigenvalue weighted by Crippen LogP contribution is 2.43. The summed E-state index contributed by atoms with van der Waals surface area (Å²) in [6, 6.07) is 5.61. The summed E-state index contributed by atoms with van der Waals surface area (Å²) >= 11 is 1.70. The summed E-state index contributed by atoms with van der Waals surface area (Å²) in [7, 11) is 0. The van der Waals surface area contributed by atoms with Gasteiger partial charge in [0, 0.05) is 10.4 Å². The molecule has 2 atom stereocenters. The number of carbonyl (C=O) groups is 1. The molecule has 1 amide bonds. The van der Waals surface area contributed by atoms with Crippen molar-refractivity contribution in [1.82, 2.24) is 5.32 Å². The normalized spacial score (nSPS) is 22.8. The van der Waals surface area contributed by atoms with E-state index in [9.17, 15) is 9.90 Å². The van der Waals surface area contributed by atoms with Crippen LogP contribution in [0.2, 0.25) is 0 Å². The molecule has 4 nitrogen and oxygen atoms in total. The van der Waals surface area contributed by atoms with E-state index < -0.39 is 0 Å². The molecule has 5 heteroatoms. The third kappa shape index (κ3) is 2.30. The van der Waals surface area contributed by atoms with Gasteiger partial charge in [-0.05, 0) is 43.2 Å². The quantitative estimate of drug-likeness (QED) is 0.747. The van der Waals surface area contributed by atoms with Crippen LogP contribution in [0.25, 0.3) is 0 Å². The highest BCUT2D eigenvalue weighted by atomic mass is 32.1. The summed E-state index contributed by atoms with van der Waals surface area (Å²) in [5.74, 6) is 0.891. The molecule has 4 rings (SSSR count). The van der Waals surface area contributed by atoms with Crippen LogP contribution in [0.5, 0.6) is 5.75 Å². The lowest BCUT2D eigenvalue weighted by Crippen LogP contribution is -2.38. The smallest absolute Gasteiger partial charge is 0.256 e. The third-order valence-electron chi connectivity index (χ3n) is 4.87. The number of phenolic OH excluding ortho intramolecular Hbond substituents is 1. The lowest BCUT2D eigenvalue weighted by molar-refractivity contribution is 0.0935. The molecule has 0 saturated heterocycles. The molecule has 1 aliphatic heterocycles. The number of amides is 1. The predicted octanol–water partition coefficient (Wildman–Crippen LogP) is 3.74. The minimum absolute atomic E-state index is 0.0308. The van der Waals surface area contributed by atoms with E-state index in [-0.39, 0.29) is 17.8 Å². The summed E-state index contributed by atoms with van der Waals surface area (Å²) in [6.45, 7) is 4.13. The van der Waals surface area contributed by atoms with Gasteiger partial charge >= 0.3 is 0 Å². The van der Waals surface area contributed by atoms with Gasteiger partial charge < -0.3 is 15.7 Å². The maximum atomic E-state index is 12.7. The summed E-state index contributed by atoms with van der Waals surface area (Å²) in [6.07, 6.45) is 2.80. The first-order chi connectivity index (χ1) is 11.0. The molecular weight excluding hydrogens is 308 g/mol. The molecule has 1 aromatic carbocycles. The minimum Gasteiger partial charge on any atom is -0.507 e. The van der Waals surface area contributed by atoms with Crippen molar-refractivity contribution in [3.8, 4) is 5.75 Å². The highest BCUT2D eigenvalue weighted by Gasteiger charge is 2.33. The van der Waals surface area contributed by atoms with E-state index in [1.165, 1.54) is 10.4 Å². The first-order valence-corrected chi connectivity index (χ1v) is 8.86. The van der Waals surface area contributed by atoms with Crippen LogP contribution in [-0.2, 0) is 12.8 Å². The van der Waals surface area contributed by atoms with E-state index in [4.69, 9.17) is 0 Å². The fourth-order valence-corrected chi connectivity index (χ4v) is 4.97. The number of rotatable bonds is 1. The largest absolute Gasteiger partial charge is 0.507 e. The summed E-state index contributed by atoms with van der Waals surface area (Å²) < 4.78 is 0. The summed E-state index contributed by atoms with van der Waals surface area (Å²) in [5.41, 5.74) is 3.56. The molecule has 0 bridgehead atoms. The number of carbonyl (C=O) groups excluding carboxylic acids is 1. The number of para-hydroxylation sites is 1. The van der Waals surface area contributed by atoms with Gasteiger partial charge in [-0.2, -0.15) is 0 Å². The van der Waals surface area contributed by atoms with Crippen molar-refractivity contribution in [2.75, 3.05) is 5.32 Å². The predicted molar refractivity (Wildman–Crippen MR) is 92.2 cm³/mol. The van der Waals surface area contributed by atoms with E-state index in [1.54, 1.807) is 11.3 Å². The van der Waals surface area contributed by atoms with Crippen molar-refractivity contribution in [3.05, 3.63) is 45.3 Å². The van der Waals surface area contributed by atoms with Crippen LogP contribution in [-0.4, -0.2) is 11.0 Å². The van der Waals surface area contributed by atoms with E-state index in [0.29, 0.717) is 11.5 Å². The fraction of sp³-hybridized carbons (Fsp3) is 0.389. The van der Waals surface area contributed by atoms with Crippen molar-refractivity contribution in [2.45, 2.75) is 39.3 Å². The lowest BCUT2D eigenvalue weighted by atomic mass is 9.88. The second-order valence-corrected chi connectivity index (χ2v) is 7.72. The Morgan fingerprint density at radius 2 is 2.13 bits per heavy atom. The van der Waals surface area contributed by atoms with E-state index in [1.807, 2.05) is 25.1 Å². The number of thiophene rings is 1. The lowest BCUT2D eigenvalue weighted by Gasteiger charge is -2.27. The number of aromatic hydroxyl groups is 1. The van der Waals surface area contributed by atoms with Gasteiger partial charge in [0.2, 0.25) is 0 Å². The number of hydrogen-bond donors (Lipinski definition) is 3. The van der Waals surface area contributed by atoms with Gasteiger partial charge in [-0.25, -0.2) is 0 Å². The van der Waals surface area contributed by atoms with Crippen LogP contribution in [0.15, 0.2) is 18.2 Å². The van der Waals surface area contributed by atoms with E-state index in [2.05, 4.69) is 17.6 Å². The molecule has 0 radical (unpaired) electrons. The van der Waals surface area contributed by atoms with Crippen molar-refractivity contribution < 1.29 is 9.90 Å².